The van der Waals surface area contributed by atoms with Crippen molar-refractivity contribution in [2.24, 2.45) is 5.18 Å². The largest absolute Gasteiger partial charge is 0.145 e. The van der Waals surface area contributed by atoms with E-state index in [4.69, 9.17) is 4.91 Å². The monoisotopic (exact) mass is 71.0 g/mol. The van der Waals surface area contributed by atoms with Gasteiger partial charge in [-0.15, -0.1) is 4.91 Å². The third-order valence-corrected chi connectivity index (χ3v) is 0.156. The average Bonchev–Trinajstić information content (AvgIpc) is 1.38. The molecule has 0 aliphatic carbocycles. The van der Waals surface area contributed by atoms with Crippen LogP contribution in [0.25, 0.3) is 0 Å². The third kappa shape index (κ3) is 3.34. The minimum Gasteiger partial charge on any atom is -0.145 e. The predicted octanol–water partition coefficient (Wildman–Crippen LogP) is 1.29. The maximum Gasteiger partial charge on any atom is 0.0746 e. The third-order valence-electron chi connectivity index (χ3n) is 0.156. The summed E-state index contributed by atoms with van der Waals surface area (Å²) < 4.78 is 0. The van der Waals surface area contributed by atoms with Gasteiger partial charge in [-0.25, -0.2) is 0 Å². The number of nitroso groups, excluding NO2 is 1. The quantitative estimate of drug-likeness (QED) is 0.428. The molecule has 0 unspecified atom stereocenters. The molecule has 0 aromatic carbocycles. The van der Waals surface area contributed by atoms with E-state index in [9.17, 15) is 0 Å². The van der Waals surface area contributed by atoms with Crippen molar-refractivity contribution in [1.82, 2.24) is 0 Å². The Morgan fingerprint density at radius 1 is 2.00 bits per heavy atom. The fourth-order valence-corrected chi connectivity index (χ4v) is 0. The highest BCUT2D eigenvalue weighted by Gasteiger charge is 1.66. The van der Waals surface area contributed by atoms with Crippen LogP contribution in [0.3, 0.4) is 0 Å². The molecule has 5 heavy (non-hydrogen) atoms. The molecule has 0 aliphatic rings. The first-order valence-corrected chi connectivity index (χ1v) is 1.26. The average molecular weight is 71.1 g/mol. The highest BCUT2D eigenvalue weighted by molar-refractivity contribution is 4.82. The van der Waals surface area contributed by atoms with Gasteiger partial charge in [0.05, 0.1) is 5.70 Å². The van der Waals surface area contributed by atoms with Crippen LogP contribution in [0.15, 0.2) is 17.5 Å². The van der Waals surface area contributed by atoms with E-state index in [0.717, 1.165) is 0 Å². The van der Waals surface area contributed by atoms with Gasteiger partial charge in [-0.3, -0.25) is 0 Å². The lowest BCUT2D eigenvalue weighted by molar-refractivity contribution is 1.31. The molecule has 2 heteroatoms. The smallest absolute Gasteiger partial charge is 0.0746 e. The molecule has 0 aromatic rings. The van der Waals surface area contributed by atoms with Crippen molar-refractivity contribution in [3.63, 3.8) is 0 Å². The molecular formula is C3H5NO. The van der Waals surface area contributed by atoms with E-state index in [2.05, 4.69) is 11.8 Å². The number of nitrogens with zero attached hydrogens (tertiary/aromatic N) is 1. The van der Waals surface area contributed by atoms with Crippen LogP contribution < -0.4 is 0 Å². The van der Waals surface area contributed by atoms with Crippen LogP contribution in [0.2, 0.25) is 0 Å². The van der Waals surface area contributed by atoms with Gasteiger partial charge in [0.15, 0.2) is 0 Å². The van der Waals surface area contributed by atoms with Gasteiger partial charge in [-0.1, -0.05) is 6.58 Å². The highest BCUT2D eigenvalue weighted by Crippen LogP contribution is 1.81. The van der Waals surface area contributed by atoms with Crippen LogP contribution in [-0.2, 0) is 0 Å². The standard InChI is InChI=1S/C3H5NO/c1-3(2)4-5/h1H2,2H3. The molecule has 0 saturated heterocycles. The van der Waals surface area contributed by atoms with Gasteiger partial charge in [-0.2, -0.15) is 0 Å². The lowest BCUT2D eigenvalue weighted by Gasteiger charge is -1.64. The Morgan fingerprint density at radius 2 is 2.20 bits per heavy atom. The summed E-state index contributed by atoms with van der Waals surface area (Å²) in [5.74, 6) is 0. The van der Waals surface area contributed by atoms with Crippen LogP contribution >= 0.6 is 0 Å². The molecule has 0 aliphatic heterocycles. The molecule has 2 nitrogen and oxygen atoms in total. The van der Waals surface area contributed by atoms with E-state index in [0.29, 0.717) is 5.70 Å². The fraction of sp³-hybridized carbons (Fsp3) is 0.333. The zero-order chi connectivity index (χ0) is 4.28. The van der Waals surface area contributed by atoms with Crippen molar-refractivity contribution in [2.45, 2.75) is 6.92 Å². The summed E-state index contributed by atoms with van der Waals surface area (Å²) in [5.41, 5.74) is 0.324. The molecular weight excluding hydrogens is 66.0 g/mol. The van der Waals surface area contributed by atoms with Gasteiger partial charge >= 0.3 is 0 Å². The first kappa shape index (κ1) is 4.34. The number of allylic oxidation sites excluding steroid dienone is 1. The molecule has 0 N–H and O–H groups in total. The van der Waals surface area contributed by atoms with E-state index in [1.54, 1.807) is 6.92 Å². The van der Waals surface area contributed by atoms with Crippen LogP contribution in [-0.4, -0.2) is 0 Å². The summed E-state index contributed by atoms with van der Waals surface area (Å²) in [7, 11) is 0. The summed E-state index contributed by atoms with van der Waals surface area (Å²) in [6.45, 7) is 4.74. The normalized spacial score (nSPS) is 6.60. The Bertz CT molecular complexity index is 57.9. The van der Waals surface area contributed by atoms with Crippen molar-refractivity contribution in [2.75, 3.05) is 0 Å². The Morgan fingerprint density at radius 3 is 2.20 bits per heavy atom. The van der Waals surface area contributed by atoms with E-state index in [1.807, 2.05) is 0 Å². The minimum absolute atomic E-state index is 0.324. The Kier molecular flexibility index (Phi) is 1.42. The van der Waals surface area contributed by atoms with Crippen LogP contribution in [0, 0.1) is 4.91 Å². The molecule has 0 bridgehead atoms. The molecule has 0 radical (unpaired) electrons. The SMILES string of the molecule is C=C(C)N=O. The van der Waals surface area contributed by atoms with Crippen LogP contribution in [0.4, 0.5) is 0 Å². The molecule has 0 aromatic heterocycles. The molecule has 0 amide bonds. The molecule has 0 heterocycles. The number of rotatable bonds is 1. The van der Waals surface area contributed by atoms with Crippen molar-refractivity contribution in [3.05, 3.63) is 17.2 Å². The highest BCUT2D eigenvalue weighted by atomic mass is 16.3. The van der Waals surface area contributed by atoms with Gasteiger partial charge in [0.1, 0.15) is 0 Å². The summed E-state index contributed by atoms with van der Waals surface area (Å²) in [4.78, 5) is 9.16. The molecule has 0 fully saturated rings. The van der Waals surface area contributed by atoms with Gasteiger partial charge in [-0.05, 0) is 12.1 Å². The van der Waals surface area contributed by atoms with E-state index in [1.165, 1.54) is 0 Å². The maximum absolute atomic E-state index is 9.16. The number of hydrogen-bond donors (Lipinski definition) is 0. The van der Waals surface area contributed by atoms with E-state index >= 15 is 0 Å². The second kappa shape index (κ2) is 1.64. The summed E-state index contributed by atoms with van der Waals surface area (Å²) in [6.07, 6.45) is 0. The maximum atomic E-state index is 9.16. The van der Waals surface area contributed by atoms with Crippen LogP contribution in [0.5, 0.6) is 0 Å². The van der Waals surface area contributed by atoms with Crippen molar-refractivity contribution in [1.29, 1.82) is 0 Å². The van der Waals surface area contributed by atoms with Crippen molar-refractivity contribution in [3.8, 4) is 0 Å². The predicted molar refractivity (Wildman–Crippen MR) is 20.6 cm³/mol. The summed E-state index contributed by atoms with van der Waals surface area (Å²) in [5, 5.41) is 2.44. The van der Waals surface area contributed by atoms with Gasteiger partial charge in [0.25, 0.3) is 0 Å². The zero-order valence-electron chi connectivity index (χ0n) is 3.06. The van der Waals surface area contributed by atoms with Gasteiger partial charge in [0.2, 0.25) is 0 Å². The summed E-state index contributed by atoms with van der Waals surface area (Å²) in [6, 6.07) is 0. The van der Waals surface area contributed by atoms with Crippen LogP contribution in [0.1, 0.15) is 6.92 Å². The first-order chi connectivity index (χ1) is 2.27. The van der Waals surface area contributed by atoms with Crippen molar-refractivity contribution < 1.29 is 0 Å². The van der Waals surface area contributed by atoms with E-state index in [-0.39, 0.29) is 0 Å². The first-order valence-electron chi connectivity index (χ1n) is 1.26. The molecule has 0 rings (SSSR count). The van der Waals surface area contributed by atoms with Crippen molar-refractivity contribution >= 4 is 0 Å². The Labute approximate surface area is 30.5 Å². The second-order valence-electron chi connectivity index (χ2n) is 0.827. The molecule has 0 spiro atoms. The van der Waals surface area contributed by atoms with Gasteiger partial charge in [0, 0.05) is 0 Å². The Balaban J connectivity index is 3.20. The lowest BCUT2D eigenvalue weighted by Crippen LogP contribution is -1.50. The molecule has 0 atom stereocenters. The second-order valence-corrected chi connectivity index (χ2v) is 0.827. The summed E-state index contributed by atoms with van der Waals surface area (Å²) >= 11 is 0. The van der Waals surface area contributed by atoms with E-state index < -0.39 is 0 Å². The van der Waals surface area contributed by atoms with Gasteiger partial charge < -0.3 is 0 Å². The Hall–Kier alpha value is -0.660. The molecule has 0 saturated carbocycles. The minimum atomic E-state index is 0.324. The topological polar surface area (TPSA) is 29.4 Å². The number of hydrogen-bond acceptors (Lipinski definition) is 2. The molecule has 28 valence electrons. The fourth-order valence-electron chi connectivity index (χ4n) is 0. The zero-order valence-corrected chi connectivity index (χ0v) is 3.06. The lowest BCUT2D eigenvalue weighted by atomic mass is 10.6.